The second-order valence-corrected chi connectivity index (χ2v) is 2.83. The lowest BCUT2D eigenvalue weighted by atomic mass is 10.2. The van der Waals surface area contributed by atoms with E-state index in [9.17, 15) is 9.18 Å². The van der Waals surface area contributed by atoms with Crippen molar-refractivity contribution >= 4 is 11.9 Å². The number of methoxy groups -OCH3 is 1. The van der Waals surface area contributed by atoms with Crippen LogP contribution in [0.3, 0.4) is 0 Å². The zero-order valence-corrected chi connectivity index (χ0v) is 8.08. The Morgan fingerprint density at radius 1 is 1.50 bits per heavy atom. The van der Waals surface area contributed by atoms with Crippen LogP contribution in [0.2, 0.25) is 0 Å². The minimum atomic E-state index is -0.401. The van der Waals surface area contributed by atoms with Gasteiger partial charge in [0.1, 0.15) is 11.6 Å². The van der Waals surface area contributed by atoms with Crippen LogP contribution < -0.4 is 4.74 Å². The highest BCUT2D eigenvalue weighted by atomic mass is 19.1. The van der Waals surface area contributed by atoms with Gasteiger partial charge in [-0.1, -0.05) is 0 Å². The maximum Gasteiger partial charge on any atom is 0.152 e. The van der Waals surface area contributed by atoms with Gasteiger partial charge in [0.25, 0.3) is 0 Å². The van der Waals surface area contributed by atoms with Crippen molar-refractivity contribution < 1.29 is 13.9 Å². The molecular formula is C11H11FO2. The number of benzene rings is 1. The highest BCUT2D eigenvalue weighted by Gasteiger charge is 2.00. The van der Waals surface area contributed by atoms with Crippen LogP contribution in [0.1, 0.15) is 12.5 Å². The summed E-state index contributed by atoms with van der Waals surface area (Å²) in [5.74, 6) is -0.0513. The Morgan fingerprint density at radius 3 is 2.71 bits per heavy atom. The molecule has 0 saturated heterocycles. The summed E-state index contributed by atoms with van der Waals surface area (Å²) in [5.41, 5.74) is 0.376. The van der Waals surface area contributed by atoms with Gasteiger partial charge in [-0.15, -0.1) is 0 Å². The largest absolute Gasteiger partial charge is 0.497 e. The van der Waals surface area contributed by atoms with Crippen molar-refractivity contribution in [1.82, 2.24) is 0 Å². The summed E-state index contributed by atoms with van der Waals surface area (Å²) >= 11 is 0. The highest BCUT2D eigenvalue weighted by molar-refractivity contribution is 5.91. The molecule has 0 bridgehead atoms. The van der Waals surface area contributed by atoms with Crippen LogP contribution in [0.4, 0.5) is 4.39 Å². The van der Waals surface area contributed by atoms with Crippen molar-refractivity contribution in [1.29, 1.82) is 0 Å². The summed E-state index contributed by atoms with van der Waals surface area (Å²) in [4.78, 5) is 10.6. The number of ether oxygens (including phenoxy) is 1. The highest BCUT2D eigenvalue weighted by Crippen LogP contribution is 2.17. The van der Waals surface area contributed by atoms with Crippen molar-refractivity contribution in [3.05, 3.63) is 35.7 Å². The molecule has 0 aliphatic heterocycles. The number of rotatable bonds is 3. The number of carbonyl (C=O) groups excluding carboxylic acids is 1. The lowest BCUT2D eigenvalue weighted by Crippen LogP contribution is -1.87. The molecule has 0 aliphatic carbocycles. The lowest BCUT2D eigenvalue weighted by molar-refractivity contribution is -0.112. The molecule has 0 radical (unpaired) electrons. The van der Waals surface area contributed by atoms with Crippen molar-refractivity contribution in [2.45, 2.75) is 6.92 Å². The van der Waals surface area contributed by atoms with Crippen molar-refractivity contribution in [2.24, 2.45) is 0 Å². The van der Waals surface area contributed by atoms with Gasteiger partial charge in [-0.25, -0.2) is 4.39 Å². The average molecular weight is 194 g/mol. The summed E-state index contributed by atoms with van der Waals surface area (Å²) < 4.78 is 18.1. The van der Waals surface area contributed by atoms with E-state index >= 15 is 0 Å². The molecule has 2 nitrogen and oxygen atoms in total. The molecule has 0 N–H and O–H groups in total. The normalized spacial score (nSPS) is 10.5. The van der Waals surface area contributed by atoms with E-state index in [1.54, 1.807) is 12.1 Å². The van der Waals surface area contributed by atoms with Crippen LogP contribution in [0.25, 0.3) is 6.08 Å². The minimum Gasteiger partial charge on any atom is -0.497 e. The zero-order valence-electron chi connectivity index (χ0n) is 8.08. The fraction of sp³-hybridized carbons (Fsp3) is 0.182. The summed E-state index contributed by atoms with van der Waals surface area (Å²) in [7, 11) is 1.47. The van der Waals surface area contributed by atoms with Gasteiger partial charge in [0, 0.05) is 11.6 Å². The summed E-state index contributed by atoms with van der Waals surface area (Å²) in [6.45, 7) is 1.41. The number of ketones is 1. The van der Waals surface area contributed by atoms with Gasteiger partial charge in [-0.3, -0.25) is 4.79 Å². The third-order valence-electron chi connectivity index (χ3n) is 1.71. The van der Waals surface area contributed by atoms with Gasteiger partial charge >= 0.3 is 0 Å². The van der Waals surface area contributed by atoms with E-state index in [0.717, 1.165) is 0 Å². The molecule has 1 aromatic carbocycles. The molecule has 0 spiro atoms. The smallest absolute Gasteiger partial charge is 0.152 e. The van der Waals surface area contributed by atoms with Crippen LogP contribution in [0.5, 0.6) is 5.75 Å². The Bertz CT molecular complexity index is 370. The molecule has 0 unspecified atom stereocenters. The van der Waals surface area contributed by atoms with Crippen LogP contribution in [0, 0.1) is 5.82 Å². The molecule has 74 valence electrons. The third kappa shape index (κ3) is 2.69. The minimum absolute atomic E-state index is 0.111. The van der Waals surface area contributed by atoms with Gasteiger partial charge in [0.15, 0.2) is 5.78 Å². The number of carbonyl (C=O) groups is 1. The maximum atomic E-state index is 13.2. The first-order valence-corrected chi connectivity index (χ1v) is 4.15. The van der Waals surface area contributed by atoms with E-state index in [2.05, 4.69) is 0 Å². The number of halogens is 1. The Balaban J connectivity index is 2.94. The molecule has 1 aromatic rings. The van der Waals surface area contributed by atoms with E-state index in [4.69, 9.17) is 4.74 Å². The molecule has 3 heteroatoms. The summed E-state index contributed by atoms with van der Waals surface area (Å²) in [5, 5.41) is 0. The van der Waals surface area contributed by atoms with E-state index < -0.39 is 5.82 Å². The monoisotopic (exact) mass is 194 g/mol. The first-order valence-electron chi connectivity index (χ1n) is 4.15. The van der Waals surface area contributed by atoms with Crippen LogP contribution >= 0.6 is 0 Å². The molecule has 1 rings (SSSR count). The standard InChI is InChI=1S/C11H11FO2/c1-8(13)3-4-9-5-6-10(14-2)7-11(9)12/h3-7H,1-2H3. The van der Waals surface area contributed by atoms with E-state index in [0.29, 0.717) is 11.3 Å². The predicted molar refractivity (Wildman–Crippen MR) is 52.7 cm³/mol. The van der Waals surface area contributed by atoms with Gasteiger partial charge in [-0.2, -0.15) is 0 Å². The fourth-order valence-electron chi connectivity index (χ4n) is 0.977. The second kappa shape index (κ2) is 4.56. The maximum absolute atomic E-state index is 13.2. The van der Waals surface area contributed by atoms with Crippen LogP contribution in [-0.2, 0) is 4.79 Å². The van der Waals surface area contributed by atoms with Gasteiger partial charge < -0.3 is 4.74 Å². The van der Waals surface area contributed by atoms with Crippen molar-refractivity contribution in [2.75, 3.05) is 7.11 Å². The first kappa shape index (κ1) is 10.4. The van der Waals surface area contributed by atoms with Crippen molar-refractivity contribution in [3.8, 4) is 5.75 Å². The fourth-order valence-corrected chi connectivity index (χ4v) is 0.977. The quantitative estimate of drug-likeness (QED) is 0.691. The molecular weight excluding hydrogens is 183 g/mol. The topological polar surface area (TPSA) is 26.3 Å². The zero-order chi connectivity index (χ0) is 10.6. The third-order valence-corrected chi connectivity index (χ3v) is 1.71. The van der Waals surface area contributed by atoms with Gasteiger partial charge in [-0.05, 0) is 31.2 Å². The molecule has 0 heterocycles. The molecule has 0 saturated carbocycles. The number of hydrogen-bond acceptors (Lipinski definition) is 2. The molecule has 0 amide bonds. The molecule has 0 atom stereocenters. The summed E-state index contributed by atoms with van der Waals surface area (Å²) in [6, 6.07) is 4.48. The lowest BCUT2D eigenvalue weighted by Gasteiger charge is -2.01. The predicted octanol–water partition coefficient (Wildman–Crippen LogP) is 2.44. The summed E-state index contributed by atoms with van der Waals surface area (Å²) in [6.07, 6.45) is 2.77. The number of allylic oxidation sites excluding steroid dienone is 1. The van der Waals surface area contributed by atoms with E-state index in [1.807, 2.05) is 0 Å². The Labute approximate surface area is 82.0 Å². The molecule has 14 heavy (non-hydrogen) atoms. The second-order valence-electron chi connectivity index (χ2n) is 2.83. The SMILES string of the molecule is COc1ccc(C=CC(C)=O)c(F)c1. The van der Waals surface area contributed by atoms with Crippen LogP contribution in [0.15, 0.2) is 24.3 Å². The first-order chi connectivity index (χ1) is 6.63. The Kier molecular flexibility index (Phi) is 3.40. The Hall–Kier alpha value is -1.64. The van der Waals surface area contributed by atoms with Gasteiger partial charge in [0.05, 0.1) is 7.11 Å². The molecule has 0 aliphatic rings. The van der Waals surface area contributed by atoms with Gasteiger partial charge in [0.2, 0.25) is 0 Å². The van der Waals surface area contributed by atoms with E-state index in [1.165, 1.54) is 32.3 Å². The average Bonchev–Trinajstić information content (AvgIpc) is 2.15. The number of hydrogen-bond donors (Lipinski definition) is 0. The molecule has 0 fully saturated rings. The molecule has 0 aromatic heterocycles. The Morgan fingerprint density at radius 2 is 2.21 bits per heavy atom. The van der Waals surface area contributed by atoms with E-state index in [-0.39, 0.29) is 5.78 Å². The van der Waals surface area contributed by atoms with Crippen molar-refractivity contribution in [3.63, 3.8) is 0 Å². The van der Waals surface area contributed by atoms with Crippen LogP contribution in [-0.4, -0.2) is 12.9 Å².